The van der Waals surface area contributed by atoms with Crippen LogP contribution in [0.2, 0.25) is 0 Å². The van der Waals surface area contributed by atoms with Crippen LogP contribution in [0.3, 0.4) is 0 Å². The monoisotopic (exact) mass is 370 g/mol. The lowest BCUT2D eigenvalue weighted by molar-refractivity contribution is 0.393. The van der Waals surface area contributed by atoms with Gasteiger partial charge in [-0.05, 0) is 57.1 Å². The average molecular weight is 371 g/mol. The van der Waals surface area contributed by atoms with Crippen LogP contribution in [0, 0.1) is 10.8 Å². The lowest BCUT2D eigenvalue weighted by Gasteiger charge is -2.26. The van der Waals surface area contributed by atoms with Crippen molar-refractivity contribution in [3.8, 4) is 22.3 Å². The third-order valence-corrected chi connectivity index (χ3v) is 5.00. The summed E-state index contributed by atoms with van der Waals surface area (Å²) in [5.41, 5.74) is 8.78. The largest absolute Gasteiger partial charge is 0.0622 e. The first kappa shape index (κ1) is 20.4. The van der Waals surface area contributed by atoms with Crippen molar-refractivity contribution < 1.29 is 0 Å². The van der Waals surface area contributed by atoms with Gasteiger partial charge in [-0.15, -0.1) is 0 Å². The van der Waals surface area contributed by atoms with E-state index in [2.05, 4.69) is 114 Å². The molecule has 0 aromatic heterocycles. The summed E-state index contributed by atoms with van der Waals surface area (Å²) in [7, 11) is 0. The summed E-state index contributed by atoms with van der Waals surface area (Å²) in [6, 6.07) is 26.5. The second kappa shape index (κ2) is 7.95. The van der Waals surface area contributed by atoms with Crippen molar-refractivity contribution in [1.82, 2.24) is 0 Å². The van der Waals surface area contributed by atoms with E-state index in [1.807, 2.05) is 0 Å². The molecule has 0 atom stereocenters. The first-order valence-electron chi connectivity index (χ1n) is 10.4. The van der Waals surface area contributed by atoms with Gasteiger partial charge in [0, 0.05) is 0 Å². The highest BCUT2D eigenvalue weighted by molar-refractivity contribution is 5.73. The summed E-state index contributed by atoms with van der Waals surface area (Å²) in [6.45, 7) is 14.0. The molecule has 0 N–H and O–H groups in total. The van der Waals surface area contributed by atoms with E-state index < -0.39 is 0 Å². The van der Waals surface area contributed by atoms with E-state index in [-0.39, 0.29) is 10.8 Å². The van der Waals surface area contributed by atoms with Crippen LogP contribution < -0.4 is 0 Å². The van der Waals surface area contributed by atoms with Crippen LogP contribution in [0.25, 0.3) is 22.3 Å². The second-order valence-electron chi connectivity index (χ2n) is 10.4. The van der Waals surface area contributed by atoms with Gasteiger partial charge in [0.2, 0.25) is 0 Å². The van der Waals surface area contributed by atoms with Gasteiger partial charge >= 0.3 is 0 Å². The van der Waals surface area contributed by atoms with Crippen LogP contribution in [-0.4, -0.2) is 0 Å². The van der Waals surface area contributed by atoms with Crippen LogP contribution in [0.5, 0.6) is 0 Å². The molecule has 0 spiro atoms. The van der Waals surface area contributed by atoms with Gasteiger partial charge < -0.3 is 0 Å². The number of benzene rings is 3. The maximum atomic E-state index is 2.34. The van der Waals surface area contributed by atoms with E-state index in [1.54, 1.807) is 0 Å². The van der Waals surface area contributed by atoms with Gasteiger partial charge in [-0.25, -0.2) is 0 Å². The number of hydrogen-bond donors (Lipinski definition) is 0. The predicted octanol–water partition coefficient (Wildman–Crippen LogP) is 8.20. The van der Waals surface area contributed by atoms with Crippen LogP contribution in [-0.2, 0) is 12.8 Å². The minimum Gasteiger partial charge on any atom is -0.0622 e. The molecule has 28 heavy (non-hydrogen) atoms. The number of hydrogen-bond acceptors (Lipinski definition) is 0. The molecule has 0 heterocycles. The molecule has 3 aromatic rings. The summed E-state index contributed by atoms with van der Waals surface area (Å²) in [5.74, 6) is 0. The summed E-state index contributed by atoms with van der Waals surface area (Å²) in [6.07, 6.45) is 2.20. The fraction of sp³-hybridized carbons (Fsp3) is 0.357. The average Bonchev–Trinajstić information content (AvgIpc) is 2.62. The summed E-state index contributed by atoms with van der Waals surface area (Å²) >= 11 is 0. The summed E-state index contributed by atoms with van der Waals surface area (Å²) in [4.78, 5) is 0. The van der Waals surface area contributed by atoms with E-state index in [4.69, 9.17) is 0 Å². The predicted molar refractivity (Wildman–Crippen MR) is 124 cm³/mol. The molecule has 3 aromatic carbocycles. The molecular weight excluding hydrogens is 336 g/mol. The number of rotatable bonds is 4. The molecular formula is C28H34. The maximum Gasteiger partial charge on any atom is -0.0149 e. The molecule has 0 amide bonds. The van der Waals surface area contributed by atoms with E-state index in [0.717, 1.165) is 12.8 Å². The van der Waals surface area contributed by atoms with Crippen LogP contribution in [0.15, 0.2) is 72.8 Å². The molecule has 0 radical (unpaired) electrons. The minimum absolute atomic E-state index is 0.257. The maximum absolute atomic E-state index is 2.34. The van der Waals surface area contributed by atoms with Crippen molar-refractivity contribution in [3.63, 3.8) is 0 Å². The lowest BCUT2D eigenvalue weighted by atomic mass is 9.78. The molecule has 0 nitrogen and oxygen atoms in total. The Balaban J connectivity index is 2.04. The fourth-order valence-corrected chi connectivity index (χ4v) is 3.85. The normalized spacial score (nSPS) is 12.2. The van der Waals surface area contributed by atoms with Gasteiger partial charge in [-0.3, -0.25) is 0 Å². The Morgan fingerprint density at radius 2 is 1.04 bits per heavy atom. The third-order valence-electron chi connectivity index (χ3n) is 5.00. The second-order valence-corrected chi connectivity index (χ2v) is 10.4. The Morgan fingerprint density at radius 1 is 0.500 bits per heavy atom. The topological polar surface area (TPSA) is 0 Å². The van der Waals surface area contributed by atoms with Gasteiger partial charge in [0.05, 0.1) is 0 Å². The van der Waals surface area contributed by atoms with Crippen molar-refractivity contribution in [3.05, 3.63) is 83.9 Å². The van der Waals surface area contributed by atoms with Gasteiger partial charge in [0.25, 0.3) is 0 Å². The Bertz CT molecular complexity index is 901. The Morgan fingerprint density at radius 3 is 1.61 bits per heavy atom. The zero-order valence-electron chi connectivity index (χ0n) is 18.3. The van der Waals surface area contributed by atoms with Crippen LogP contribution in [0.4, 0.5) is 0 Å². The molecule has 0 saturated heterocycles. The molecule has 0 unspecified atom stereocenters. The molecule has 146 valence electrons. The molecule has 0 aliphatic heterocycles. The summed E-state index contributed by atoms with van der Waals surface area (Å²) < 4.78 is 0. The molecule has 0 saturated carbocycles. The highest BCUT2D eigenvalue weighted by atomic mass is 14.3. The van der Waals surface area contributed by atoms with Gasteiger partial charge in [0.1, 0.15) is 0 Å². The molecule has 3 rings (SSSR count). The molecule has 0 fully saturated rings. The zero-order valence-corrected chi connectivity index (χ0v) is 18.3. The minimum atomic E-state index is 0.257. The smallest absolute Gasteiger partial charge is 0.0149 e. The SMILES string of the molecule is CC(C)(C)Cc1cccc(-c2ccc(-c3ccccc3)cc2)c1CC(C)(C)C. The highest BCUT2D eigenvalue weighted by Crippen LogP contribution is 2.35. The Hall–Kier alpha value is -2.34. The van der Waals surface area contributed by atoms with Crippen LogP contribution in [0.1, 0.15) is 52.7 Å². The van der Waals surface area contributed by atoms with E-state index >= 15 is 0 Å². The molecule has 0 bridgehead atoms. The van der Waals surface area contributed by atoms with Gasteiger partial charge in [-0.2, -0.15) is 0 Å². The van der Waals surface area contributed by atoms with Crippen molar-refractivity contribution >= 4 is 0 Å². The Kier molecular flexibility index (Phi) is 5.79. The quantitative estimate of drug-likeness (QED) is 0.434. The van der Waals surface area contributed by atoms with Crippen molar-refractivity contribution in [2.24, 2.45) is 10.8 Å². The molecule has 0 aliphatic carbocycles. The van der Waals surface area contributed by atoms with Crippen molar-refractivity contribution in [1.29, 1.82) is 0 Å². The molecule has 0 heteroatoms. The highest BCUT2D eigenvalue weighted by Gasteiger charge is 2.21. The Labute approximate surface area is 171 Å². The van der Waals surface area contributed by atoms with Crippen molar-refractivity contribution in [2.75, 3.05) is 0 Å². The lowest BCUT2D eigenvalue weighted by Crippen LogP contribution is -2.16. The van der Waals surface area contributed by atoms with Gasteiger partial charge in [-0.1, -0.05) is 114 Å². The van der Waals surface area contributed by atoms with E-state index in [9.17, 15) is 0 Å². The van der Waals surface area contributed by atoms with E-state index in [0.29, 0.717) is 0 Å². The first-order valence-corrected chi connectivity index (χ1v) is 10.4. The first-order chi connectivity index (χ1) is 13.1. The summed E-state index contributed by atoms with van der Waals surface area (Å²) in [5, 5.41) is 0. The zero-order chi connectivity index (χ0) is 20.4. The van der Waals surface area contributed by atoms with Gasteiger partial charge in [0.15, 0.2) is 0 Å². The van der Waals surface area contributed by atoms with Crippen LogP contribution >= 0.6 is 0 Å². The van der Waals surface area contributed by atoms with E-state index in [1.165, 1.54) is 33.4 Å². The third kappa shape index (κ3) is 5.35. The standard InChI is InChI=1S/C28H34/c1-27(2,3)19-24-13-10-14-25(26(24)20-28(4,5)6)23-17-15-22(16-18-23)21-11-8-7-9-12-21/h7-18H,19-20H2,1-6H3. The fourth-order valence-electron chi connectivity index (χ4n) is 3.85. The van der Waals surface area contributed by atoms with Crippen molar-refractivity contribution in [2.45, 2.75) is 54.4 Å². The molecule has 0 aliphatic rings.